The summed E-state index contributed by atoms with van der Waals surface area (Å²) in [6.07, 6.45) is 1.52. The number of carbonyl (C=O) groups excluding carboxylic acids is 1. The zero-order chi connectivity index (χ0) is 29.2. The Hall–Kier alpha value is -4.06. The van der Waals surface area contributed by atoms with Gasteiger partial charge in [-0.3, -0.25) is 4.79 Å². The molecule has 4 aromatic carbocycles. The van der Waals surface area contributed by atoms with Gasteiger partial charge in [-0.05, 0) is 101 Å². The van der Waals surface area contributed by atoms with E-state index in [1.54, 1.807) is 36.4 Å². The van der Waals surface area contributed by atoms with Crippen molar-refractivity contribution in [2.75, 3.05) is 11.9 Å². The zero-order valence-corrected chi connectivity index (χ0v) is 25.8. The number of rotatable bonds is 11. The van der Waals surface area contributed by atoms with Crippen LogP contribution in [0.4, 0.5) is 5.69 Å². The first-order chi connectivity index (χ1) is 19.8. The van der Waals surface area contributed by atoms with Crippen molar-refractivity contribution in [2.24, 2.45) is 0 Å². The molecule has 0 saturated heterocycles. The van der Waals surface area contributed by atoms with E-state index in [0.29, 0.717) is 52.8 Å². The van der Waals surface area contributed by atoms with Crippen molar-refractivity contribution in [3.8, 4) is 23.3 Å². The number of anilines is 1. The van der Waals surface area contributed by atoms with E-state index in [4.69, 9.17) is 14.2 Å². The zero-order valence-electron chi connectivity index (χ0n) is 22.6. The van der Waals surface area contributed by atoms with Crippen LogP contribution in [0.1, 0.15) is 29.2 Å². The Bertz CT molecular complexity index is 1580. The Balaban J connectivity index is 1.43. The molecular formula is C33H28Br2N2O4. The molecule has 0 aliphatic heterocycles. The normalized spacial score (nSPS) is 11.0. The maximum atomic E-state index is 12.9. The Kier molecular flexibility index (Phi) is 10.6. The van der Waals surface area contributed by atoms with Crippen LogP contribution >= 0.6 is 31.9 Å². The number of hydrogen-bond donors (Lipinski definition) is 1. The van der Waals surface area contributed by atoms with Crippen LogP contribution in [0.5, 0.6) is 17.2 Å². The van der Waals surface area contributed by atoms with Crippen molar-refractivity contribution in [1.82, 2.24) is 0 Å². The first-order valence-electron chi connectivity index (χ1n) is 12.9. The van der Waals surface area contributed by atoms with Gasteiger partial charge in [0.1, 0.15) is 30.6 Å². The van der Waals surface area contributed by atoms with Crippen LogP contribution in [0.25, 0.3) is 6.08 Å². The second-order valence-electron chi connectivity index (χ2n) is 9.10. The van der Waals surface area contributed by atoms with Crippen LogP contribution < -0.4 is 19.5 Å². The largest absolute Gasteiger partial charge is 0.490 e. The van der Waals surface area contributed by atoms with Gasteiger partial charge < -0.3 is 19.5 Å². The summed E-state index contributed by atoms with van der Waals surface area (Å²) in [7, 11) is 0. The predicted octanol–water partition coefficient (Wildman–Crippen LogP) is 8.62. The summed E-state index contributed by atoms with van der Waals surface area (Å²) in [6.45, 7) is 5.14. The highest BCUT2D eigenvalue weighted by Crippen LogP contribution is 2.38. The number of amides is 1. The van der Waals surface area contributed by atoms with E-state index in [9.17, 15) is 10.1 Å². The highest BCUT2D eigenvalue weighted by Gasteiger charge is 2.15. The summed E-state index contributed by atoms with van der Waals surface area (Å²) in [5.41, 5.74) is 4.34. The molecule has 0 spiro atoms. The van der Waals surface area contributed by atoms with Gasteiger partial charge in [-0.15, -0.1) is 0 Å². The van der Waals surface area contributed by atoms with Crippen molar-refractivity contribution in [2.45, 2.75) is 27.1 Å². The number of carbonyl (C=O) groups is 1. The molecule has 41 heavy (non-hydrogen) atoms. The van der Waals surface area contributed by atoms with E-state index in [0.717, 1.165) is 21.2 Å². The van der Waals surface area contributed by atoms with Crippen LogP contribution in [0, 0.1) is 18.3 Å². The maximum absolute atomic E-state index is 12.9. The first kappa shape index (κ1) is 29.9. The minimum absolute atomic E-state index is 0.0525. The molecule has 0 bridgehead atoms. The summed E-state index contributed by atoms with van der Waals surface area (Å²) in [5, 5.41) is 12.5. The minimum Gasteiger partial charge on any atom is -0.490 e. The lowest BCUT2D eigenvalue weighted by atomic mass is 10.1. The molecular weight excluding hydrogens is 648 g/mol. The SMILES string of the molecule is CCOc1cc(/C=C(\C#N)C(=O)Nc2ccc(OCc3ccc(Br)cc3)cc2)cc(Br)c1OCc1cccc(C)c1. The third-order valence-corrected chi connectivity index (χ3v) is 7.02. The second kappa shape index (κ2) is 14.5. The highest BCUT2D eigenvalue weighted by molar-refractivity contribution is 9.10. The van der Waals surface area contributed by atoms with Gasteiger partial charge >= 0.3 is 0 Å². The smallest absolute Gasteiger partial charge is 0.266 e. The molecule has 0 radical (unpaired) electrons. The van der Waals surface area contributed by atoms with Gasteiger partial charge in [0.2, 0.25) is 0 Å². The minimum atomic E-state index is -0.523. The second-order valence-corrected chi connectivity index (χ2v) is 10.9. The van der Waals surface area contributed by atoms with Gasteiger partial charge in [0.25, 0.3) is 5.91 Å². The Morgan fingerprint density at radius 3 is 2.32 bits per heavy atom. The topological polar surface area (TPSA) is 80.6 Å². The number of benzene rings is 4. The summed E-state index contributed by atoms with van der Waals surface area (Å²) in [5.74, 6) is 1.21. The lowest BCUT2D eigenvalue weighted by Gasteiger charge is -2.15. The average molecular weight is 676 g/mol. The fourth-order valence-electron chi connectivity index (χ4n) is 3.93. The van der Waals surface area contributed by atoms with E-state index < -0.39 is 5.91 Å². The Morgan fingerprint density at radius 1 is 0.902 bits per heavy atom. The Morgan fingerprint density at radius 2 is 1.63 bits per heavy atom. The molecule has 0 aliphatic rings. The number of aryl methyl sites for hydroxylation is 1. The molecule has 4 aromatic rings. The summed E-state index contributed by atoms with van der Waals surface area (Å²) >= 11 is 6.99. The van der Waals surface area contributed by atoms with Gasteiger partial charge in [-0.1, -0.05) is 57.9 Å². The van der Waals surface area contributed by atoms with Crippen molar-refractivity contribution in [3.05, 3.63) is 122 Å². The third-order valence-electron chi connectivity index (χ3n) is 5.90. The lowest BCUT2D eigenvalue weighted by molar-refractivity contribution is -0.112. The van der Waals surface area contributed by atoms with Crippen LogP contribution in [-0.4, -0.2) is 12.5 Å². The molecule has 0 atom stereocenters. The fraction of sp³-hybridized carbons (Fsp3) is 0.152. The number of nitrogens with one attached hydrogen (secondary N) is 1. The van der Waals surface area contributed by atoms with Crippen molar-refractivity contribution < 1.29 is 19.0 Å². The Labute approximate surface area is 256 Å². The van der Waals surface area contributed by atoms with Crippen molar-refractivity contribution in [3.63, 3.8) is 0 Å². The molecule has 1 amide bonds. The number of hydrogen-bond acceptors (Lipinski definition) is 5. The van der Waals surface area contributed by atoms with Crippen LogP contribution in [-0.2, 0) is 18.0 Å². The lowest BCUT2D eigenvalue weighted by Crippen LogP contribution is -2.13. The number of nitriles is 1. The van der Waals surface area contributed by atoms with Crippen LogP contribution in [0.3, 0.4) is 0 Å². The quantitative estimate of drug-likeness (QED) is 0.127. The highest BCUT2D eigenvalue weighted by atomic mass is 79.9. The van der Waals surface area contributed by atoms with Gasteiger partial charge in [-0.25, -0.2) is 0 Å². The molecule has 6 nitrogen and oxygen atoms in total. The average Bonchev–Trinajstić information content (AvgIpc) is 2.96. The van der Waals surface area contributed by atoms with Crippen molar-refractivity contribution in [1.29, 1.82) is 5.26 Å². The molecule has 0 aliphatic carbocycles. The van der Waals surface area contributed by atoms with E-state index in [2.05, 4.69) is 43.2 Å². The molecule has 208 valence electrons. The van der Waals surface area contributed by atoms with Gasteiger partial charge in [-0.2, -0.15) is 5.26 Å². The molecule has 0 unspecified atom stereocenters. The third kappa shape index (κ3) is 8.71. The standard InChI is InChI=1S/C33H28Br2N2O4/c1-3-39-31-18-25(17-30(35)32(31)41-21-24-6-4-5-22(2)15-24)16-26(19-36)33(38)37-28-11-13-29(14-12-28)40-20-23-7-9-27(34)10-8-23/h4-18H,3,20-21H2,1-2H3,(H,37,38)/b26-16+. The molecule has 1 N–H and O–H groups in total. The molecule has 0 heterocycles. The maximum Gasteiger partial charge on any atom is 0.266 e. The number of nitrogens with zero attached hydrogens (tertiary/aromatic N) is 1. The first-order valence-corrected chi connectivity index (χ1v) is 14.5. The molecule has 4 rings (SSSR count). The molecule has 0 fully saturated rings. The van der Waals surface area contributed by atoms with E-state index >= 15 is 0 Å². The monoisotopic (exact) mass is 674 g/mol. The van der Waals surface area contributed by atoms with E-state index in [1.165, 1.54) is 6.08 Å². The predicted molar refractivity (Wildman–Crippen MR) is 168 cm³/mol. The fourth-order valence-corrected chi connectivity index (χ4v) is 4.77. The summed E-state index contributed by atoms with van der Waals surface area (Å²) < 4.78 is 19.4. The van der Waals surface area contributed by atoms with Gasteiger partial charge in [0.15, 0.2) is 11.5 Å². The number of halogens is 2. The van der Waals surface area contributed by atoms with E-state index in [-0.39, 0.29) is 5.57 Å². The summed E-state index contributed by atoms with van der Waals surface area (Å²) in [4.78, 5) is 12.9. The summed E-state index contributed by atoms with van der Waals surface area (Å²) in [6, 6.07) is 28.5. The van der Waals surface area contributed by atoms with E-state index in [1.807, 2.05) is 62.4 Å². The van der Waals surface area contributed by atoms with Crippen LogP contribution in [0.15, 0.2) is 99.4 Å². The van der Waals surface area contributed by atoms with Crippen LogP contribution in [0.2, 0.25) is 0 Å². The van der Waals surface area contributed by atoms with Crippen molar-refractivity contribution >= 4 is 49.5 Å². The van der Waals surface area contributed by atoms with Gasteiger partial charge in [0.05, 0.1) is 11.1 Å². The van der Waals surface area contributed by atoms with Gasteiger partial charge in [0, 0.05) is 10.2 Å². The molecule has 0 saturated carbocycles. The molecule has 8 heteroatoms. The molecule has 0 aromatic heterocycles. The number of ether oxygens (including phenoxy) is 3.